The number of terminal acetylenes is 1. The van der Waals surface area contributed by atoms with Gasteiger partial charge in [0.1, 0.15) is 6.29 Å². The van der Waals surface area contributed by atoms with Crippen LogP contribution in [0.3, 0.4) is 0 Å². The molecule has 0 aromatic rings. The molecule has 0 aliphatic heterocycles. The summed E-state index contributed by atoms with van der Waals surface area (Å²) >= 11 is 0. The highest BCUT2D eigenvalue weighted by Crippen LogP contribution is 2.46. The van der Waals surface area contributed by atoms with E-state index in [2.05, 4.69) is 39.7 Å². The van der Waals surface area contributed by atoms with Gasteiger partial charge in [-0.3, -0.25) is 0 Å². The van der Waals surface area contributed by atoms with E-state index in [4.69, 9.17) is 22.4 Å². The topological polar surface area (TPSA) is 87.2 Å². The third kappa shape index (κ3) is 10.9. The fourth-order valence-corrected chi connectivity index (χ4v) is 4.67. The van der Waals surface area contributed by atoms with Crippen molar-refractivity contribution < 1.29 is 9.90 Å². The Kier molecular flexibility index (Phi) is 14.7. The van der Waals surface area contributed by atoms with E-state index in [1.54, 1.807) is 0 Å². The van der Waals surface area contributed by atoms with Gasteiger partial charge in [0.15, 0.2) is 0 Å². The lowest BCUT2D eigenvalue weighted by atomic mass is 9.73. The number of nitrogens with two attached hydrogens (primary N) is 1. The van der Waals surface area contributed by atoms with Gasteiger partial charge in [-0.25, -0.2) is 0 Å². The zero-order chi connectivity index (χ0) is 24.8. The van der Waals surface area contributed by atoms with Crippen molar-refractivity contribution in [3.63, 3.8) is 0 Å². The first-order valence-electron chi connectivity index (χ1n) is 12.5. The second-order valence-electron chi connectivity index (χ2n) is 10.6. The number of rotatable bonds is 8. The zero-order valence-corrected chi connectivity index (χ0v) is 21.7. The van der Waals surface area contributed by atoms with Crippen LogP contribution >= 0.6 is 0 Å². The van der Waals surface area contributed by atoms with Crippen molar-refractivity contribution in [3.05, 3.63) is 11.6 Å². The van der Waals surface area contributed by atoms with E-state index in [-0.39, 0.29) is 17.6 Å². The molecule has 0 heterocycles. The monoisotopic (exact) mass is 446 g/mol. The third-order valence-electron chi connectivity index (χ3n) is 7.35. The third-order valence-corrected chi connectivity index (χ3v) is 7.35. The van der Waals surface area contributed by atoms with E-state index in [0.29, 0.717) is 17.8 Å². The van der Waals surface area contributed by atoms with E-state index in [0.717, 1.165) is 37.7 Å². The van der Waals surface area contributed by atoms with Crippen molar-refractivity contribution in [1.82, 2.24) is 0 Å². The van der Waals surface area contributed by atoms with Gasteiger partial charge in [-0.2, -0.15) is 0 Å². The SMILES string of the molecule is C#CCC(C)N.CC1CC[C@@H](O)C1(C)CCCCCCC1=CC(=N)CCC1(C)C.CC=O. The quantitative estimate of drug-likeness (QED) is 0.227. The summed E-state index contributed by atoms with van der Waals surface area (Å²) in [6, 6.07) is 0.162. The summed E-state index contributed by atoms with van der Waals surface area (Å²) in [6.07, 6.45) is 20.0. The molecule has 0 amide bonds. The predicted molar refractivity (Wildman–Crippen MR) is 138 cm³/mol. The maximum Gasteiger partial charge on any atom is 0.116 e. The first-order chi connectivity index (χ1) is 14.9. The van der Waals surface area contributed by atoms with Crippen molar-refractivity contribution in [3.8, 4) is 12.3 Å². The van der Waals surface area contributed by atoms with Crippen molar-refractivity contribution >= 4 is 12.0 Å². The highest BCUT2D eigenvalue weighted by Gasteiger charge is 2.42. The molecule has 0 radical (unpaired) electrons. The molecule has 0 saturated heterocycles. The van der Waals surface area contributed by atoms with Crippen molar-refractivity contribution in [2.75, 3.05) is 0 Å². The Bertz CT molecular complexity index is 618. The van der Waals surface area contributed by atoms with Crippen LogP contribution in [0.2, 0.25) is 0 Å². The van der Waals surface area contributed by atoms with Crippen LogP contribution in [0.4, 0.5) is 0 Å². The Labute approximate surface area is 198 Å². The maximum atomic E-state index is 10.2. The molecule has 3 unspecified atom stereocenters. The number of carbonyl (C=O) groups is 1. The molecule has 4 N–H and O–H groups in total. The van der Waals surface area contributed by atoms with Crippen LogP contribution in [0.25, 0.3) is 0 Å². The van der Waals surface area contributed by atoms with Gasteiger partial charge < -0.3 is 21.0 Å². The Morgan fingerprint density at radius 3 is 2.34 bits per heavy atom. The summed E-state index contributed by atoms with van der Waals surface area (Å²) < 4.78 is 0. The maximum absolute atomic E-state index is 10.2. The Balaban J connectivity index is 0.000000908. The molecule has 0 aromatic heterocycles. The van der Waals surface area contributed by atoms with Gasteiger partial charge in [0, 0.05) is 18.2 Å². The number of unbranched alkanes of at least 4 members (excludes halogenated alkanes) is 3. The van der Waals surface area contributed by atoms with E-state index in [9.17, 15) is 5.11 Å². The summed E-state index contributed by atoms with van der Waals surface area (Å²) in [5.74, 6) is 3.11. The zero-order valence-electron chi connectivity index (χ0n) is 21.7. The van der Waals surface area contributed by atoms with E-state index >= 15 is 0 Å². The van der Waals surface area contributed by atoms with Gasteiger partial charge in [-0.1, -0.05) is 52.5 Å². The molecule has 184 valence electrons. The van der Waals surface area contributed by atoms with E-state index in [1.807, 2.05) is 6.92 Å². The minimum Gasteiger partial charge on any atom is -0.393 e. The summed E-state index contributed by atoms with van der Waals surface area (Å²) in [5, 5.41) is 18.1. The molecule has 2 rings (SSSR count). The lowest BCUT2D eigenvalue weighted by Crippen LogP contribution is -2.31. The van der Waals surface area contributed by atoms with Crippen LogP contribution in [0.1, 0.15) is 112 Å². The van der Waals surface area contributed by atoms with Crippen LogP contribution in [0.5, 0.6) is 0 Å². The molecule has 0 bridgehead atoms. The first-order valence-corrected chi connectivity index (χ1v) is 12.5. The molecule has 1 saturated carbocycles. The molecule has 1 fully saturated rings. The number of allylic oxidation sites excluding steroid dienone is 2. The Morgan fingerprint density at radius 1 is 1.28 bits per heavy atom. The average molecular weight is 447 g/mol. The van der Waals surface area contributed by atoms with E-state index < -0.39 is 0 Å². The van der Waals surface area contributed by atoms with Crippen molar-refractivity contribution in [2.45, 2.75) is 124 Å². The van der Waals surface area contributed by atoms with E-state index in [1.165, 1.54) is 51.0 Å². The van der Waals surface area contributed by atoms with Gasteiger partial charge in [-0.05, 0) is 81.6 Å². The van der Waals surface area contributed by atoms with Gasteiger partial charge >= 0.3 is 0 Å². The second-order valence-corrected chi connectivity index (χ2v) is 10.6. The average Bonchev–Trinajstić information content (AvgIpc) is 2.96. The van der Waals surface area contributed by atoms with Crippen molar-refractivity contribution in [2.24, 2.45) is 22.5 Å². The number of nitrogens with one attached hydrogen (secondary N) is 1. The number of hydrogen-bond donors (Lipinski definition) is 3. The molecule has 4 heteroatoms. The molecule has 4 nitrogen and oxygen atoms in total. The van der Waals surface area contributed by atoms with Crippen molar-refractivity contribution in [1.29, 1.82) is 5.41 Å². The highest BCUT2D eigenvalue weighted by molar-refractivity contribution is 5.94. The van der Waals surface area contributed by atoms with Crippen LogP contribution in [0, 0.1) is 34.5 Å². The number of aliphatic hydroxyl groups is 1. The molecule has 2 aliphatic carbocycles. The van der Waals surface area contributed by atoms with Gasteiger partial charge in [0.05, 0.1) is 6.10 Å². The number of aldehydes is 1. The van der Waals surface area contributed by atoms with Crippen LogP contribution in [-0.4, -0.2) is 29.3 Å². The van der Waals surface area contributed by atoms with Crippen LogP contribution < -0.4 is 5.73 Å². The van der Waals surface area contributed by atoms with Crippen LogP contribution in [-0.2, 0) is 4.79 Å². The first kappa shape index (κ1) is 30.6. The number of aliphatic hydroxyl groups excluding tert-OH is 1. The van der Waals surface area contributed by atoms with Gasteiger partial charge in [-0.15, -0.1) is 12.3 Å². The fraction of sp³-hybridized carbons (Fsp3) is 0.786. The molecule has 32 heavy (non-hydrogen) atoms. The summed E-state index contributed by atoms with van der Waals surface area (Å²) in [4.78, 5) is 8.81. The minimum absolute atomic E-state index is 0.0864. The molecular weight excluding hydrogens is 396 g/mol. The summed E-state index contributed by atoms with van der Waals surface area (Å²) in [6.45, 7) is 12.6. The minimum atomic E-state index is -0.0864. The fourth-order valence-electron chi connectivity index (χ4n) is 4.67. The molecule has 4 atom stereocenters. The smallest absolute Gasteiger partial charge is 0.116 e. The molecule has 0 spiro atoms. The van der Waals surface area contributed by atoms with Crippen LogP contribution in [0.15, 0.2) is 11.6 Å². The largest absolute Gasteiger partial charge is 0.393 e. The van der Waals surface area contributed by atoms with Gasteiger partial charge in [0.25, 0.3) is 0 Å². The number of carbonyl (C=O) groups excluding carboxylic acids is 1. The van der Waals surface area contributed by atoms with Gasteiger partial charge in [0.2, 0.25) is 0 Å². The standard InChI is InChI=1S/C21H37NO.C5H9N.C2H4O/c1-16-10-11-19(23)21(16,4)13-8-6-5-7-9-17-15-18(22)12-14-20(17,2)3;1-3-4-5(2)6;1-2-3/h15-16,19,22-23H,5-14H2,1-4H3;1,5H,4,6H2,2H3;2H,1H3/t16?,19-,21?;;/m1../s1. The Hall–Kier alpha value is -1.44. The normalized spacial score (nSPS) is 27.1. The lowest BCUT2D eigenvalue weighted by molar-refractivity contribution is -0.106. The number of hydrogen-bond acceptors (Lipinski definition) is 4. The lowest BCUT2D eigenvalue weighted by Gasteiger charge is -2.33. The summed E-state index contributed by atoms with van der Waals surface area (Å²) in [7, 11) is 0. The Morgan fingerprint density at radius 2 is 1.88 bits per heavy atom. The molecular formula is C28H50N2O2. The predicted octanol–water partition coefficient (Wildman–Crippen LogP) is 6.45. The molecule has 0 aromatic carbocycles. The second kappa shape index (κ2) is 15.4. The highest BCUT2D eigenvalue weighted by atomic mass is 16.3. The summed E-state index contributed by atoms with van der Waals surface area (Å²) in [5.41, 5.74) is 8.01. The molecule has 2 aliphatic rings.